The summed E-state index contributed by atoms with van der Waals surface area (Å²) in [5, 5.41) is 11.8. The summed E-state index contributed by atoms with van der Waals surface area (Å²) in [6.45, 7) is 2.70. The SMILES string of the molecule is CCOC(=O)CCNc1ccc(C#N)c(Br)c1. The lowest BCUT2D eigenvalue weighted by atomic mass is 10.2. The van der Waals surface area contributed by atoms with E-state index in [1.807, 2.05) is 6.07 Å². The third kappa shape index (κ3) is 4.45. The molecule has 0 unspecified atom stereocenters. The van der Waals surface area contributed by atoms with Crippen molar-refractivity contribution in [1.82, 2.24) is 0 Å². The monoisotopic (exact) mass is 296 g/mol. The van der Waals surface area contributed by atoms with Crippen LogP contribution >= 0.6 is 15.9 Å². The molecule has 0 spiro atoms. The maximum absolute atomic E-state index is 11.1. The number of benzene rings is 1. The number of ether oxygens (including phenoxy) is 1. The molecular formula is C12H13BrN2O2. The first kappa shape index (κ1) is 13.5. The maximum atomic E-state index is 11.1. The minimum absolute atomic E-state index is 0.215. The van der Waals surface area contributed by atoms with Crippen LogP contribution in [0.25, 0.3) is 0 Å². The van der Waals surface area contributed by atoms with Crippen LogP contribution in [0.3, 0.4) is 0 Å². The zero-order chi connectivity index (χ0) is 12.7. The van der Waals surface area contributed by atoms with Crippen molar-refractivity contribution >= 4 is 27.6 Å². The predicted octanol–water partition coefficient (Wildman–Crippen LogP) is 2.69. The third-order valence-electron chi connectivity index (χ3n) is 2.05. The molecule has 1 aromatic carbocycles. The predicted molar refractivity (Wildman–Crippen MR) is 68.6 cm³/mol. The molecular weight excluding hydrogens is 284 g/mol. The first-order valence-electron chi connectivity index (χ1n) is 5.26. The molecule has 5 heteroatoms. The van der Waals surface area contributed by atoms with E-state index in [4.69, 9.17) is 10.00 Å². The highest BCUT2D eigenvalue weighted by Gasteiger charge is 2.03. The summed E-state index contributed by atoms with van der Waals surface area (Å²) < 4.78 is 5.55. The first-order valence-corrected chi connectivity index (χ1v) is 6.05. The number of hydrogen-bond donors (Lipinski definition) is 1. The van der Waals surface area contributed by atoms with Crippen LogP contribution in [0.2, 0.25) is 0 Å². The van der Waals surface area contributed by atoms with E-state index >= 15 is 0 Å². The number of nitrogens with zero attached hydrogens (tertiary/aromatic N) is 1. The Morgan fingerprint density at radius 3 is 2.94 bits per heavy atom. The van der Waals surface area contributed by atoms with E-state index in [2.05, 4.69) is 27.3 Å². The van der Waals surface area contributed by atoms with Gasteiger partial charge in [0.25, 0.3) is 0 Å². The highest BCUT2D eigenvalue weighted by Crippen LogP contribution is 2.20. The Balaban J connectivity index is 2.45. The molecule has 0 aromatic heterocycles. The Morgan fingerprint density at radius 2 is 2.35 bits per heavy atom. The lowest BCUT2D eigenvalue weighted by Gasteiger charge is -2.07. The van der Waals surface area contributed by atoms with Crippen LogP contribution in [-0.2, 0) is 9.53 Å². The van der Waals surface area contributed by atoms with Gasteiger partial charge in [-0.05, 0) is 41.1 Å². The van der Waals surface area contributed by atoms with Crippen molar-refractivity contribution in [2.75, 3.05) is 18.5 Å². The standard InChI is InChI=1S/C12H13BrN2O2/c1-2-17-12(16)5-6-15-10-4-3-9(8-14)11(13)7-10/h3-4,7,15H,2,5-6H2,1H3. The normalized spacial score (nSPS) is 9.47. The van der Waals surface area contributed by atoms with E-state index in [1.165, 1.54) is 0 Å². The number of hydrogen-bond acceptors (Lipinski definition) is 4. The number of carbonyl (C=O) groups is 1. The molecule has 0 amide bonds. The summed E-state index contributed by atoms with van der Waals surface area (Å²) in [6.07, 6.45) is 0.325. The van der Waals surface area contributed by atoms with Crippen molar-refractivity contribution < 1.29 is 9.53 Å². The fourth-order valence-corrected chi connectivity index (χ4v) is 1.73. The van der Waals surface area contributed by atoms with E-state index < -0.39 is 0 Å². The molecule has 90 valence electrons. The van der Waals surface area contributed by atoms with Gasteiger partial charge in [-0.15, -0.1) is 0 Å². The molecule has 17 heavy (non-hydrogen) atoms. The summed E-state index contributed by atoms with van der Waals surface area (Å²) in [7, 11) is 0. The van der Waals surface area contributed by atoms with Gasteiger partial charge in [-0.1, -0.05) is 0 Å². The summed E-state index contributed by atoms with van der Waals surface area (Å²) in [5.74, 6) is -0.215. The number of nitrogens with one attached hydrogen (secondary N) is 1. The number of carbonyl (C=O) groups excluding carboxylic acids is 1. The number of rotatable bonds is 5. The lowest BCUT2D eigenvalue weighted by Crippen LogP contribution is -2.11. The van der Waals surface area contributed by atoms with Crippen LogP contribution in [0.5, 0.6) is 0 Å². The number of nitriles is 1. The molecule has 1 aromatic rings. The van der Waals surface area contributed by atoms with Gasteiger partial charge in [0.2, 0.25) is 0 Å². The van der Waals surface area contributed by atoms with E-state index in [9.17, 15) is 4.79 Å². The average molecular weight is 297 g/mol. The van der Waals surface area contributed by atoms with Gasteiger partial charge in [0.05, 0.1) is 18.6 Å². The molecule has 0 aliphatic rings. The van der Waals surface area contributed by atoms with Crippen molar-refractivity contribution in [3.63, 3.8) is 0 Å². The maximum Gasteiger partial charge on any atom is 0.307 e. The Bertz CT molecular complexity index is 441. The lowest BCUT2D eigenvalue weighted by molar-refractivity contribution is -0.142. The van der Waals surface area contributed by atoms with Crippen LogP contribution in [0.15, 0.2) is 22.7 Å². The number of esters is 1. The van der Waals surface area contributed by atoms with Gasteiger partial charge < -0.3 is 10.1 Å². The summed E-state index contributed by atoms with van der Waals surface area (Å²) in [6, 6.07) is 7.39. The molecule has 1 N–H and O–H groups in total. The van der Waals surface area contributed by atoms with Crippen molar-refractivity contribution in [3.8, 4) is 6.07 Å². The van der Waals surface area contributed by atoms with Crippen molar-refractivity contribution in [3.05, 3.63) is 28.2 Å². The molecule has 0 fully saturated rings. The van der Waals surface area contributed by atoms with Gasteiger partial charge in [0, 0.05) is 16.7 Å². The van der Waals surface area contributed by atoms with Crippen LogP contribution in [0, 0.1) is 11.3 Å². The second-order valence-corrected chi connectivity index (χ2v) is 4.14. The molecule has 0 aliphatic carbocycles. The second kappa shape index (κ2) is 6.92. The molecule has 4 nitrogen and oxygen atoms in total. The third-order valence-corrected chi connectivity index (χ3v) is 2.71. The average Bonchev–Trinajstić information content (AvgIpc) is 2.29. The van der Waals surface area contributed by atoms with Gasteiger partial charge in [-0.2, -0.15) is 5.26 Å². The van der Waals surface area contributed by atoms with Crippen LogP contribution in [0.4, 0.5) is 5.69 Å². The summed E-state index contributed by atoms with van der Waals surface area (Å²) in [5.41, 5.74) is 1.45. The Kier molecular flexibility index (Phi) is 5.50. The highest BCUT2D eigenvalue weighted by molar-refractivity contribution is 9.10. The van der Waals surface area contributed by atoms with Gasteiger partial charge in [-0.3, -0.25) is 4.79 Å². The Hall–Kier alpha value is -1.54. The van der Waals surface area contributed by atoms with Gasteiger partial charge in [0.1, 0.15) is 6.07 Å². The molecule has 0 heterocycles. The first-order chi connectivity index (χ1) is 8.17. The molecule has 0 bridgehead atoms. The van der Waals surface area contributed by atoms with E-state index in [1.54, 1.807) is 19.1 Å². The second-order valence-electron chi connectivity index (χ2n) is 3.29. The topological polar surface area (TPSA) is 62.1 Å². The largest absolute Gasteiger partial charge is 0.466 e. The number of halogens is 1. The van der Waals surface area contributed by atoms with E-state index in [-0.39, 0.29) is 5.97 Å². The minimum atomic E-state index is -0.215. The molecule has 1 rings (SSSR count). The zero-order valence-electron chi connectivity index (χ0n) is 9.50. The van der Waals surface area contributed by atoms with E-state index in [0.717, 1.165) is 10.2 Å². The molecule has 0 saturated carbocycles. The van der Waals surface area contributed by atoms with Crippen molar-refractivity contribution in [2.45, 2.75) is 13.3 Å². The highest BCUT2D eigenvalue weighted by atomic mass is 79.9. The summed E-state index contributed by atoms with van der Waals surface area (Å²) >= 11 is 3.30. The van der Waals surface area contributed by atoms with Gasteiger partial charge >= 0.3 is 5.97 Å². The molecule has 0 radical (unpaired) electrons. The molecule has 0 aliphatic heterocycles. The van der Waals surface area contributed by atoms with E-state index in [0.29, 0.717) is 25.1 Å². The van der Waals surface area contributed by atoms with Gasteiger partial charge in [-0.25, -0.2) is 0 Å². The van der Waals surface area contributed by atoms with Gasteiger partial charge in [0.15, 0.2) is 0 Å². The number of anilines is 1. The fraction of sp³-hybridized carbons (Fsp3) is 0.333. The molecule has 0 atom stereocenters. The quantitative estimate of drug-likeness (QED) is 0.849. The Labute approximate surface area is 109 Å². The zero-order valence-corrected chi connectivity index (χ0v) is 11.1. The van der Waals surface area contributed by atoms with Crippen LogP contribution in [-0.4, -0.2) is 19.1 Å². The summed E-state index contributed by atoms with van der Waals surface area (Å²) in [4.78, 5) is 11.1. The minimum Gasteiger partial charge on any atom is -0.466 e. The Morgan fingerprint density at radius 1 is 1.59 bits per heavy atom. The smallest absolute Gasteiger partial charge is 0.307 e. The van der Waals surface area contributed by atoms with Crippen molar-refractivity contribution in [2.24, 2.45) is 0 Å². The molecule has 0 saturated heterocycles. The fourth-order valence-electron chi connectivity index (χ4n) is 1.26. The van der Waals surface area contributed by atoms with Crippen LogP contribution < -0.4 is 5.32 Å². The van der Waals surface area contributed by atoms with Crippen molar-refractivity contribution in [1.29, 1.82) is 5.26 Å². The van der Waals surface area contributed by atoms with Crippen LogP contribution in [0.1, 0.15) is 18.9 Å².